The van der Waals surface area contributed by atoms with Crippen molar-refractivity contribution < 1.29 is 0 Å². The smallest absolute Gasteiger partial charge is 0.136 e. The summed E-state index contributed by atoms with van der Waals surface area (Å²) < 4.78 is 0. The van der Waals surface area contributed by atoms with Gasteiger partial charge in [-0.3, -0.25) is 4.98 Å². The highest BCUT2D eigenvalue weighted by molar-refractivity contribution is 5.59. The molecule has 0 spiro atoms. The molecule has 0 aliphatic rings. The molecule has 24 heavy (non-hydrogen) atoms. The number of likely N-dealkylation sites (N-methyl/N-ethyl adjacent to an activating group) is 1. The first-order valence-corrected chi connectivity index (χ1v) is 7.98. The van der Waals surface area contributed by atoms with Crippen molar-refractivity contribution in [3.05, 3.63) is 72.3 Å². The Balaban J connectivity index is 1.70. The second-order valence-electron chi connectivity index (χ2n) is 5.68. The second kappa shape index (κ2) is 7.55. The van der Waals surface area contributed by atoms with Crippen LogP contribution in [-0.4, -0.2) is 28.5 Å². The second-order valence-corrected chi connectivity index (χ2v) is 5.68. The quantitative estimate of drug-likeness (QED) is 0.752. The molecule has 0 bridgehead atoms. The standard InChI is InChI=1S/C19H21N5/c1-15-21-18(23-17-6-4-3-5-7-17)14-19(22-15)24(2)13-10-16-8-11-20-12-9-16/h3-9,11-12,14H,10,13H2,1-2H3,(H,21,22,23). The number of benzene rings is 1. The minimum Gasteiger partial charge on any atom is -0.359 e. The Morgan fingerprint density at radius 2 is 1.75 bits per heavy atom. The van der Waals surface area contributed by atoms with Gasteiger partial charge in [-0.1, -0.05) is 18.2 Å². The van der Waals surface area contributed by atoms with Gasteiger partial charge in [-0.05, 0) is 43.2 Å². The van der Waals surface area contributed by atoms with Crippen molar-refractivity contribution >= 4 is 17.3 Å². The molecule has 0 unspecified atom stereocenters. The first-order chi connectivity index (χ1) is 11.7. The molecule has 0 saturated heterocycles. The molecule has 0 fully saturated rings. The molecule has 2 heterocycles. The minimum atomic E-state index is 0.752. The maximum Gasteiger partial charge on any atom is 0.136 e. The lowest BCUT2D eigenvalue weighted by molar-refractivity contribution is 0.848. The van der Waals surface area contributed by atoms with Gasteiger partial charge < -0.3 is 10.2 Å². The summed E-state index contributed by atoms with van der Waals surface area (Å²) in [6.07, 6.45) is 4.60. The van der Waals surface area contributed by atoms with E-state index in [4.69, 9.17) is 0 Å². The molecule has 1 aromatic carbocycles. The number of para-hydroxylation sites is 1. The number of aryl methyl sites for hydroxylation is 1. The van der Waals surface area contributed by atoms with E-state index < -0.39 is 0 Å². The van der Waals surface area contributed by atoms with Crippen molar-refractivity contribution in [1.29, 1.82) is 0 Å². The van der Waals surface area contributed by atoms with Crippen LogP contribution in [0.1, 0.15) is 11.4 Å². The molecule has 0 aliphatic heterocycles. The third-order valence-electron chi connectivity index (χ3n) is 3.75. The molecule has 1 N–H and O–H groups in total. The summed E-state index contributed by atoms with van der Waals surface area (Å²) >= 11 is 0. The van der Waals surface area contributed by atoms with Crippen LogP contribution in [0.4, 0.5) is 17.3 Å². The Hall–Kier alpha value is -2.95. The molecule has 0 aliphatic carbocycles. The average molecular weight is 319 g/mol. The summed E-state index contributed by atoms with van der Waals surface area (Å²) in [4.78, 5) is 15.2. The van der Waals surface area contributed by atoms with Crippen LogP contribution in [0, 0.1) is 6.92 Å². The van der Waals surface area contributed by atoms with E-state index in [0.29, 0.717) is 0 Å². The highest BCUT2D eigenvalue weighted by Crippen LogP contribution is 2.19. The molecule has 122 valence electrons. The fraction of sp³-hybridized carbons (Fsp3) is 0.211. The van der Waals surface area contributed by atoms with E-state index in [1.54, 1.807) is 0 Å². The predicted molar refractivity (Wildman–Crippen MR) is 97.7 cm³/mol. The Kier molecular flexibility index (Phi) is 5.01. The molecule has 5 nitrogen and oxygen atoms in total. The lowest BCUT2D eigenvalue weighted by Gasteiger charge is -2.19. The Labute approximate surface area is 142 Å². The van der Waals surface area contributed by atoms with Crippen LogP contribution in [0.2, 0.25) is 0 Å². The van der Waals surface area contributed by atoms with E-state index in [0.717, 1.165) is 36.1 Å². The Bertz CT molecular complexity index is 774. The zero-order valence-electron chi connectivity index (χ0n) is 14.0. The lowest BCUT2D eigenvalue weighted by Crippen LogP contribution is -2.22. The number of hydrogen-bond acceptors (Lipinski definition) is 5. The van der Waals surface area contributed by atoms with Crippen LogP contribution in [0.15, 0.2) is 60.9 Å². The van der Waals surface area contributed by atoms with Gasteiger partial charge in [-0.15, -0.1) is 0 Å². The van der Waals surface area contributed by atoms with E-state index in [9.17, 15) is 0 Å². The van der Waals surface area contributed by atoms with Gasteiger partial charge in [-0.2, -0.15) is 0 Å². The van der Waals surface area contributed by atoms with Gasteiger partial charge in [0.05, 0.1) is 0 Å². The highest BCUT2D eigenvalue weighted by Gasteiger charge is 2.07. The SMILES string of the molecule is Cc1nc(Nc2ccccc2)cc(N(C)CCc2ccncc2)n1. The van der Waals surface area contributed by atoms with Crippen molar-refractivity contribution in [3.63, 3.8) is 0 Å². The fourth-order valence-corrected chi connectivity index (χ4v) is 2.44. The van der Waals surface area contributed by atoms with Crippen molar-refractivity contribution in [2.45, 2.75) is 13.3 Å². The first-order valence-electron chi connectivity index (χ1n) is 7.98. The molecule has 5 heteroatoms. The van der Waals surface area contributed by atoms with E-state index in [-0.39, 0.29) is 0 Å². The molecular weight excluding hydrogens is 298 g/mol. The Morgan fingerprint density at radius 1 is 1.00 bits per heavy atom. The lowest BCUT2D eigenvalue weighted by atomic mass is 10.2. The highest BCUT2D eigenvalue weighted by atomic mass is 15.2. The molecule has 2 aromatic heterocycles. The topological polar surface area (TPSA) is 53.9 Å². The number of nitrogens with one attached hydrogen (secondary N) is 1. The molecule has 3 aromatic rings. The summed E-state index contributed by atoms with van der Waals surface area (Å²) in [6, 6.07) is 16.1. The zero-order chi connectivity index (χ0) is 16.8. The van der Waals surface area contributed by atoms with Crippen LogP contribution in [0.3, 0.4) is 0 Å². The zero-order valence-corrected chi connectivity index (χ0v) is 14.0. The van der Waals surface area contributed by atoms with E-state index in [2.05, 4.69) is 32.2 Å². The van der Waals surface area contributed by atoms with Crippen molar-refractivity contribution in [2.75, 3.05) is 23.8 Å². The first kappa shape index (κ1) is 15.9. The monoisotopic (exact) mass is 319 g/mol. The number of nitrogens with zero attached hydrogens (tertiary/aromatic N) is 4. The molecular formula is C19H21N5. The molecule has 0 atom stereocenters. The van der Waals surface area contributed by atoms with Crippen molar-refractivity contribution in [2.24, 2.45) is 0 Å². The van der Waals surface area contributed by atoms with E-state index in [1.807, 2.05) is 67.8 Å². The molecule has 0 saturated carbocycles. The molecule has 0 amide bonds. The summed E-state index contributed by atoms with van der Waals surface area (Å²) in [5.74, 6) is 2.47. The predicted octanol–water partition coefficient (Wildman–Crippen LogP) is 3.60. The van der Waals surface area contributed by atoms with Crippen LogP contribution in [0.25, 0.3) is 0 Å². The van der Waals surface area contributed by atoms with E-state index >= 15 is 0 Å². The van der Waals surface area contributed by atoms with Gasteiger partial charge in [0.2, 0.25) is 0 Å². The van der Waals surface area contributed by atoms with Gasteiger partial charge in [0.25, 0.3) is 0 Å². The van der Waals surface area contributed by atoms with Gasteiger partial charge in [0.1, 0.15) is 17.5 Å². The van der Waals surface area contributed by atoms with Crippen molar-refractivity contribution in [3.8, 4) is 0 Å². The molecule has 0 radical (unpaired) electrons. The third-order valence-corrected chi connectivity index (χ3v) is 3.75. The van der Waals surface area contributed by atoms with Gasteiger partial charge in [0, 0.05) is 37.7 Å². The van der Waals surface area contributed by atoms with Crippen molar-refractivity contribution in [1.82, 2.24) is 15.0 Å². The van der Waals surface area contributed by atoms with E-state index in [1.165, 1.54) is 5.56 Å². The number of rotatable bonds is 6. The number of anilines is 3. The number of aromatic nitrogens is 3. The maximum atomic E-state index is 4.55. The minimum absolute atomic E-state index is 0.752. The van der Waals surface area contributed by atoms with Crippen LogP contribution < -0.4 is 10.2 Å². The number of pyridine rings is 1. The van der Waals surface area contributed by atoms with Gasteiger partial charge in [-0.25, -0.2) is 9.97 Å². The molecule has 3 rings (SSSR count). The summed E-state index contributed by atoms with van der Waals surface area (Å²) in [6.45, 7) is 2.79. The van der Waals surface area contributed by atoms with Gasteiger partial charge in [0.15, 0.2) is 0 Å². The third kappa shape index (κ3) is 4.29. The fourth-order valence-electron chi connectivity index (χ4n) is 2.44. The largest absolute Gasteiger partial charge is 0.359 e. The number of hydrogen-bond donors (Lipinski definition) is 1. The Morgan fingerprint density at radius 3 is 2.50 bits per heavy atom. The summed E-state index contributed by atoms with van der Waals surface area (Å²) in [5.41, 5.74) is 2.28. The van der Waals surface area contributed by atoms with Crippen LogP contribution in [-0.2, 0) is 6.42 Å². The maximum absolute atomic E-state index is 4.55. The normalized spacial score (nSPS) is 10.4. The summed E-state index contributed by atoms with van der Waals surface area (Å²) in [7, 11) is 2.05. The average Bonchev–Trinajstić information content (AvgIpc) is 2.61. The van der Waals surface area contributed by atoms with Crippen LogP contribution >= 0.6 is 0 Å². The summed E-state index contributed by atoms with van der Waals surface area (Å²) in [5, 5.41) is 3.33. The van der Waals surface area contributed by atoms with Crippen LogP contribution in [0.5, 0.6) is 0 Å². The van der Waals surface area contributed by atoms with Gasteiger partial charge >= 0.3 is 0 Å².